The summed E-state index contributed by atoms with van der Waals surface area (Å²) in [5.41, 5.74) is 1.72. The van der Waals surface area contributed by atoms with Gasteiger partial charge < -0.3 is 10.1 Å². The van der Waals surface area contributed by atoms with E-state index in [4.69, 9.17) is 4.74 Å². The summed E-state index contributed by atoms with van der Waals surface area (Å²) in [6.45, 7) is 4.05. The Labute approximate surface area is 136 Å². The standard InChI is InChI=1S/C17H20N2O3S/c1-2-22-15-7-5-8-16(12-15)23(20,21)19-11-10-18-13-14-6-3-4-9-17(14)19/h3-9,12,18H,2,10-11,13H2,1H3. The van der Waals surface area contributed by atoms with E-state index in [0.717, 1.165) is 11.3 Å². The van der Waals surface area contributed by atoms with Crippen LogP contribution < -0.4 is 14.4 Å². The largest absolute Gasteiger partial charge is 0.494 e. The highest BCUT2D eigenvalue weighted by atomic mass is 32.2. The van der Waals surface area contributed by atoms with Gasteiger partial charge in [-0.1, -0.05) is 24.3 Å². The number of ether oxygens (including phenoxy) is 1. The van der Waals surface area contributed by atoms with Crippen LogP contribution in [0, 0.1) is 0 Å². The third-order valence-electron chi connectivity index (χ3n) is 3.77. The molecule has 6 heteroatoms. The van der Waals surface area contributed by atoms with Gasteiger partial charge in [0.2, 0.25) is 0 Å². The highest BCUT2D eigenvalue weighted by molar-refractivity contribution is 7.92. The van der Waals surface area contributed by atoms with Gasteiger partial charge in [-0.25, -0.2) is 8.42 Å². The fourth-order valence-electron chi connectivity index (χ4n) is 2.70. The number of nitrogens with one attached hydrogen (secondary N) is 1. The molecule has 0 saturated heterocycles. The molecule has 2 aromatic carbocycles. The molecule has 0 atom stereocenters. The first kappa shape index (κ1) is 15.8. The van der Waals surface area contributed by atoms with Crippen molar-refractivity contribution in [3.8, 4) is 5.75 Å². The lowest BCUT2D eigenvalue weighted by atomic mass is 10.2. The molecule has 1 N–H and O–H groups in total. The van der Waals surface area contributed by atoms with Crippen LogP contribution in [0.1, 0.15) is 12.5 Å². The monoisotopic (exact) mass is 332 g/mol. The molecule has 2 aromatic rings. The van der Waals surface area contributed by atoms with Crippen molar-refractivity contribution in [1.29, 1.82) is 0 Å². The Kier molecular flexibility index (Phi) is 4.54. The topological polar surface area (TPSA) is 58.6 Å². The van der Waals surface area contributed by atoms with Crippen molar-refractivity contribution in [2.45, 2.75) is 18.4 Å². The van der Waals surface area contributed by atoms with Gasteiger partial charge in [-0.3, -0.25) is 4.31 Å². The lowest BCUT2D eigenvalue weighted by Crippen LogP contribution is -2.34. The van der Waals surface area contributed by atoms with Crippen LogP contribution in [0.3, 0.4) is 0 Å². The minimum Gasteiger partial charge on any atom is -0.494 e. The molecule has 1 aliphatic rings. The number of fused-ring (bicyclic) bond motifs is 1. The summed E-state index contributed by atoms with van der Waals surface area (Å²) in [7, 11) is -3.63. The average molecular weight is 332 g/mol. The lowest BCUT2D eigenvalue weighted by molar-refractivity contribution is 0.339. The molecule has 0 spiro atoms. The molecule has 0 saturated carbocycles. The number of benzene rings is 2. The Morgan fingerprint density at radius 2 is 2.00 bits per heavy atom. The van der Waals surface area contributed by atoms with Crippen molar-refractivity contribution in [2.75, 3.05) is 24.0 Å². The summed E-state index contributed by atoms with van der Waals surface area (Å²) in [5, 5.41) is 3.26. The lowest BCUT2D eigenvalue weighted by Gasteiger charge is -2.24. The van der Waals surface area contributed by atoms with E-state index in [-0.39, 0.29) is 4.90 Å². The molecular formula is C17H20N2O3S. The molecule has 0 fully saturated rings. The fraction of sp³-hybridized carbons (Fsp3) is 0.294. The van der Waals surface area contributed by atoms with Crippen molar-refractivity contribution in [2.24, 2.45) is 0 Å². The van der Waals surface area contributed by atoms with E-state index in [1.807, 2.05) is 31.2 Å². The summed E-state index contributed by atoms with van der Waals surface area (Å²) < 4.78 is 33.1. The fourth-order valence-corrected chi connectivity index (χ4v) is 4.23. The Morgan fingerprint density at radius 1 is 1.17 bits per heavy atom. The second kappa shape index (κ2) is 6.60. The van der Waals surface area contributed by atoms with Gasteiger partial charge in [-0.05, 0) is 30.7 Å². The Morgan fingerprint density at radius 3 is 2.83 bits per heavy atom. The van der Waals surface area contributed by atoms with E-state index < -0.39 is 10.0 Å². The number of sulfonamides is 1. The first-order chi connectivity index (χ1) is 11.1. The molecule has 1 aliphatic heterocycles. The number of nitrogens with zero attached hydrogens (tertiary/aromatic N) is 1. The van der Waals surface area contributed by atoms with Gasteiger partial charge in [-0.2, -0.15) is 0 Å². The second-order valence-corrected chi connectivity index (χ2v) is 7.15. The molecule has 0 unspecified atom stereocenters. The van der Waals surface area contributed by atoms with Crippen molar-refractivity contribution < 1.29 is 13.2 Å². The summed E-state index contributed by atoms with van der Waals surface area (Å²) in [6.07, 6.45) is 0. The predicted octanol–water partition coefficient (Wildman–Crippen LogP) is 2.38. The van der Waals surface area contributed by atoms with Crippen LogP contribution in [0.4, 0.5) is 5.69 Å². The van der Waals surface area contributed by atoms with Gasteiger partial charge in [0, 0.05) is 25.7 Å². The van der Waals surface area contributed by atoms with Gasteiger partial charge in [0.25, 0.3) is 10.0 Å². The minimum atomic E-state index is -3.63. The summed E-state index contributed by atoms with van der Waals surface area (Å²) in [5.74, 6) is 0.565. The zero-order valence-electron chi connectivity index (χ0n) is 13.0. The molecule has 23 heavy (non-hydrogen) atoms. The molecule has 0 aliphatic carbocycles. The van der Waals surface area contributed by atoms with Gasteiger partial charge in [0.1, 0.15) is 5.75 Å². The maximum absolute atomic E-state index is 13.1. The second-order valence-electron chi connectivity index (χ2n) is 5.29. The third-order valence-corrected chi connectivity index (χ3v) is 5.58. The number of rotatable bonds is 4. The van der Waals surface area contributed by atoms with E-state index in [0.29, 0.717) is 32.0 Å². The van der Waals surface area contributed by atoms with Crippen LogP contribution in [-0.4, -0.2) is 28.1 Å². The highest BCUT2D eigenvalue weighted by Crippen LogP contribution is 2.29. The van der Waals surface area contributed by atoms with Crippen LogP contribution in [0.2, 0.25) is 0 Å². The van der Waals surface area contributed by atoms with E-state index in [1.54, 1.807) is 24.3 Å². The molecule has 122 valence electrons. The van der Waals surface area contributed by atoms with Crippen molar-refractivity contribution in [3.63, 3.8) is 0 Å². The van der Waals surface area contributed by atoms with E-state index >= 15 is 0 Å². The van der Waals surface area contributed by atoms with E-state index in [1.165, 1.54) is 4.31 Å². The zero-order valence-corrected chi connectivity index (χ0v) is 13.8. The Bertz CT molecular complexity index is 790. The molecule has 1 heterocycles. The van der Waals surface area contributed by atoms with Crippen LogP contribution >= 0.6 is 0 Å². The van der Waals surface area contributed by atoms with Gasteiger partial charge >= 0.3 is 0 Å². The predicted molar refractivity (Wildman–Crippen MR) is 90.3 cm³/mol. The number of hydrogen-bond donors (Lipinski definition) is 1. The maximum Gasteiger partial charge on any atom is 0.264 e. The molecular weight excluding hydrogens is 312 g/mol. The number of hydrogen-bond acceptors (Lipinski definition) is 4. The Balaban J connectivity index is 2.04. The normalized spacial score (nSPS) is 14.9. The quantitative estimate of drug-likeness (QED) is 0.934. The molecule has 5 nitrogen and oxygen atoms in total. The first-order valence-electron chi connectivity index (χ1n) is 7.67. The first-order valence-corrected chi connectivity index (χ1v) is 9.11. The van der Waals surface area contributed by atoms with Crippen LogP contribution in [-0.2, 0) is 16.6 Å². The number of para-hydroxylation sites is 1. The summed E-state index contributed by atoms with van der Waals surface area (Å²) in [4.78, 5) is 0.250. The van der Waals surface area contributed by atoms with E-state index in [2.05, 4.69) is 5.32 Å². The molecule has 0 radical (unpaired) electrons. The molecule has 3 rings (SSSR count). The molecule has 0 amide bonds. The van der Waals surface area contributed by atoms with Crippen molar-refractivity contribution in [3.05, 3.63) is 54.1 Å². The minimum absolute atomic E-state index is 0.250. The smallest absolute Gasteiger partial charge is 0.264 e. The third kappa shape index (κ3) is 3.18. The summed E-state index contributed by atoms with van der Waals surface area (Å²) in [6, 6.07) is 14.3. The van der Waals surface area contributed by atoms with Crippen LogP contribution in [0.5, 0.6) is 5.75 Å². The average Bonchev–Trinajstić information content (AvgIpc) is 2.78. The van der Waals surface area contributed by atoms with Gasteiger partial charge in [0.15, 0.2) is 0 Å². The summed E-state index contributed by atoms with van der Waals surface area (Å²) >= 11 is 0. The number of anilines is 1. The van der Waals surface area contributed by atoms with Crippen LogP contribution in [0.15, 0.2) is 53.4 Å². The van der Waals surface area contributed by atoms with Crippen molar-refractivity contribution in [1.82, 2.24) is 5.32 Å². The SMILES string of the molecule is CCOc1cccc(S(=O)(=O)N2CCNCc3ccccc32)c1. The van der Waals surface area contributed by atoms with E-state index in [9.17, 15) is 8.42 Å². The molecule has 0 bridgehead atoms. The van der Waals surface area contributed by atoms with Gasteiger partial charge in [0.05, 0.1) is 17.2 Å². The van der Waals surface area contributed by atoms with Crippen molar-refractivity contribution >= 4 is 15.7 Å². The van der Waals surface area contributed by atoms with Crippen LogP contribution in [0.25, 0.3) is 0 Å². The molecule has 0 aromatic heterocycles. The van der Waals surface area contributed by atoms with Gasteiger partial charge in [-0.15, -0.1) is 0 Å². The highest BCUT2D eigenvalue weighted by Gasteiger charge is 2.28. The zero-order chi connectivity index (χ0) is 16.3. The Hall–Kier alpha value is -2.05. The maximum atomic E-state index is 13.1.